The smallest absolute Gasteiger partial charge is 0.245 e. The minimum Gasteiger partial charge on any atom is -0.450 e. The van der Waals surface area contributed by atoms with Crippen LogP contribution in [0.5, 0.6) is 0 Å². The van der Waals surface area contributed by atoms with Crippen molar-refractivity contribution in [2.24, 2.45) is 0 Å². The molecule has 1 aromatic heterocycles. The third kappa shape index (κ3) is 2.57. The SMILES string of the molecule is CC1(NS(=O)(=O)c2cc(CO)oc2Br)CCC1. The summed E-state index contributed by atoms with van der Waals surface area (Å²) in [6.45, 7) is 1.56. The molecule has 5 nitrogen and oxygen atoms in total. The van der Waals surface area contributed by atoms with Crippen molar-refractivity contribution in [3.05, 3.63) is 16.5 Å². The van der Waals surface area contributed by atoms with Crippen LogP contribution in [0.3, 0.4) is 0 Å². The molecule has 0 atom stereocenters. The van der Waals surface area contributed by atoms with Gasteiger partial charge in [0.05, 0.1) is 0 Å². The Morgan fingerprint density at radius 2 is 2.24 bits per heavy atom. The fourth-order valence-electron chi connectivity index (χ4n) is 1.85. The summed E-state index contributed by atoms with van der Waals surface area (Å²) in [6.07, 6.45) is 2.72. The van der Waals surface area contributed by atoms with Crippen molar-refractivity contribution in [1.29, 1.82) is 0 Å². The predicted molar refractivity (Wildman–Crippen MR) is 64.9 cm³/mol. The predicted octanol–water partition coefficient (Wildman–Crippen LogP) is 1.76. The Morgan fingerprint density at radius 3 is 2.65 bits per heavy atom. The van der Waals surface area contributed by atoms with Gasteiger partial charge in [-0.1, -0.05) is 0 Å². The standard InChI is InChI=1S/C10H14BrNO4S/c1-10(3-2-4-10)12-17(14,15)8-5-7(6-13)16-9(8)11/h5,12-13H,2-4,6H2,1H3. The van der Waals surface area contributed by atoms with Gasteiger partial charge in [-0.05, 0) is 42.1 Å². The summed E-state index contributed by atoms with van der Waals surface area (Å²) in [7, 11) is -3.60. The van der Waals surface area contributed by atoms with Gasteiger partial charge in [0.15, 0.2) is 4.67 Å². The molecule has 96 valence electrons. The molecular weight excluding hydrogens is 310 g/mol. The van der Waals surface area contributed by atoms with Gasteiger partial charge >= 0.3 is 0 Å². The first-order valence-electron chi connectivity index (χ1n) is 5.29. The maximum Gasteiger partial charge on any atom is 0.245 e. The number of halogens is 1. The lowest BCUT2D eigenvalue weighted by Gasteiger charge is -2.38. The van der Waals surface area contributed by atoms with E-state index in [1.165, 1.54) is 6.07 Å². The molecule has 2 N–H and O–H groups in total. The fourth-order valence-corrected chi connectivity index (χ4v) is 4.31. The van der Waals surface area contributed by atoms with Crippen molar-refractivity contribution in [2.75, 3.05) is 0 Å². The largest absolute Gasteiger partial charge is 0.450 e. The van der Waals surface area contributed by atoms with Crippen molar-refractivity contribution in [2.45, 2.75) is 43.2 Å². The normalized spacial score (nSPS) is 19.0. The first kappa shape index (κ1) is 13.1. The molecule has 1 heterocycles. The molecular formula is C10H14BrNO4S. The Kier molecular flexibility index (Phi) is 3.37. The summed E-state index contributed by atoms with van der Waals surface area (Å²) in [4.78, 5) is 0.0367. The van der Waals surface area contributed by atoms with E-state index in [-0.39, 0.29) is 27.5 Å². The van der Waals surface area contributed by atoms with Crippen LogP contribution in [0.15, 0.2) is 20.0 Å². The number of hydrogen-bond acceptors (Lipinski definition) is 4. The molecule has 1 aromatic rings. The molecule has 7 heteroatoms. The number of aliphatic hydroxyl groups excluding tert-OH is 1. The Labute approximate surface area is 108 Å². The molecule has 1 saturated carbocycles. The van der Waals surface area contributed by atoms with Crippen LogP contribution in [0.2, 0.25) is 0 Å². The third-order valence-electron chi connectivity index (χ3n) is 2.99. The van der Waals surface area contributed by atoms with Crippen LogP contribution in [0.1, 0.15) is 31.9 Å². The molecule has 0 unspecified atom stereocenters. The Hall–Kier alpha value is -0.370. The lowest BCUT2D eigenvalue weighted by Crippen LogP contribution is -2.50. The maximum absolute atomic E-state index is 12.1. The first-order chi connectivity index (χ1) is 7.86. The summed E-state index contributed by atoms with van der Waals surface area (Å²) < 4.78 is 32.1. The quantitative estimate of drug-likeness (QED) is 0.884. The van der Waals surface area contributed by atoms with E-state index in [0.29, 0.717) is 0 Å². The van der Waals surface area contributed by atoms with Crippen molar-refractivity contribution < 1.29 is 17.9 Å². The molecule has 0 aliphatic heterocycles. The summed E-state index contributed by atoms with van der Waals surface area (Å²) >= 11 is 3.04. The van der Waals surface area contributed by atoms with E-state index in [0.717, 1.165) is 19.3 Å². The van der Waals surface area contributed by atoms with Gasteiger partial charge in [0.1, 0.15) is 17.3 Å². The summed E-state index contributed by atoms with van der Waals surface area (Å²) in [5.41, 5.74) is -0.352. The second-order valence-corrected chi connectivity index (χ2v) is 6.90. The molecule has 0 spiro atoms. The molecule has 0 radical (unpaired) electrons. The molecule has 0 bridgehead atoms. The lowest BCUT2D eigenvalue weighted by molar-refractivity contribution is 0.244. The van der Waals surface area contributed by atoms with E-state index in [2.05, 4.69) is 20.7 Å². The Morgan fingerprint density at radius 1 is 1.59 bits per heavy atom. The van der Waals surface area contributed by atoms with Crippen LogP contribution in [0, 0.1) is 0 Å². The van der Waals surface area contributed by atoms with Crippen molar-refractivity contribution in [3.63, 3.8) is 0 Å². The van der Waals surface area contributed by atoms with Gasteiger partial charge in [-0.3, -0.25) is 0 Å². The Balaban J connectivity index is 2.27. The van der Waals surface area contributed by atoms with Crippen molar-refractivity contribution >= 4 is 26.0 Å². The van der Waals surface area contributed by atoms with Crippen LogP contribution >= 0.6 is 15.9 Å². The van der Waals surface area contributed by atoms with Crippen LogP contribution in [0.4, 0.5) is 0 Å². The van der Waals surface area contributed by atoms with Crippen LogP contribution in [0.25, 0.3) is 0 Å². The highest BCUT2D eigenvalue weighted by Gasteiger charge is 2.37. The minimum atomic E-state index is -3.60. The summed E-state index contributed by atoms with van der Waals surface area (Å²) in [5, 5.41) is 8.90. The zero-order valence-electron chi connectivity index (χ0n) is 9.36. The van der Waals surface area contributed by atoms with Crippen LogP contribution < -0.4 is 4.72 Å². The topological polar surface area (TPSA) is 79.5 Å². The van der Waals surface area contributed by atoms with Gasteiger partial charge < -0.3 is 9.52 Å². The zero-order valence-corrected chi connectivity index (χ0v) is 11.8. The van der Waals surface area contributed by atoms with Crippen LogP contribution in [-0.2, 0) is 16.6 Å². The van der Waals surface area contributed by atoms with Gasteiger partial charge in [-0.15, -0.1) is 0 Å². The fraction of sp³-hybridized carbons (Fsp3) is 0.600. The monoisotopic (exact) mass is 323 g/mol. The molecule has 1 fully saturated rings. The molecule has 0 amide bonds. The van der Waals surface area contributed by atoms with Gasteiger partial charge in [-0.25, -0.2) is 13.1 Å². The van der Waals surface area contributed by atoms with E-state index >= 15 is 0 Å². The molecule has 0 aromatic carbocycles. The summed E-state index contributed by atoms with van der Waals surface area (Å²) in [5.74, 6) is 0.219. The van der Waals surface area contributed by atoms with E-state index in [9.17, 15) is 8.42 Å². The Bertz CT molecular complexity index is 518. The van der Waals surface area contributed by atoms with Crippen molar-refractivity contribution in [1.82, 2.24) is 4.72 Å². The highest BCUT2D eigenvalue weighted by molar-refractivity contribution is 9.10. The summed E-state index contributed by atoms with van der Waals surface area (Å²) in [6, 6.07) is 1.33. The number of sulfonamides is 1. The number of nitrogens with one attached hydrogen (secondary N) is 1. The molecule has 0 saturated heterocycles. The first-order valence-corrected chi connectivity index (χ1v) is 7.57. The average Bonchev–Trinajstić information content (AvgIpc) is 2.57. The third-order valence-corrected chi connectivity index (χ3v) is 5.49. The molecule has 17 heavy (non-hydrogen) atoms. The number of rotatable bonds is 4. The van der Waals surface area contributed by atoms with E-state index in [1.54, 1.807) is 0 Å². The molecule has 1 aliphatic rings. The van der Waals surface area contributed by atoms with Crippen molar-refractivity contribution in [3.8, 4) is 0 Å². The van der Waals surface area contributed by atoms with E-state index < -0.39 is 10.0 Å². The second kappa shape index (κ2) is 4.38. The minimum absolute atomic E-state index is 0.0367. The lowest BCUT2D eigenvalue weighted by atomic mass is 9.80. The number of hydrogen-bond donors (Lipinski definition) is 2. The highest BCUT2D eigenvalue weighted by atomic mass is 79.9. The molecule has 1 aliphatic carbocycles. The zero-order chi connectivity index (χ0) is 12.7. The second-order valence-electron chi connectivity index (χ2n) is 4.53. The van der Waals surface area contributed by atoms with Gasteiger partial charge in [-0.2, -0.15) is 0 Å². The number of furan rings is 1. The van der Waals surface area contributed by atoms with Gasteiger partial charge in [0, 0.05) is 11.6 Å². The van der Waals surface area contributed by atoms with Crippen LogP contribution in [-0.4, -0.2) is 19.1 Å². The number of aliphatic hydroxyl groups is 1. The van der Waals surface area contributed by atoms with Gasteiger partial charge in [0.2, 0.25) is 10.0 Å². The highest BCUT2D eigenvalue weighted by Crippen LogP contribution is 2.34. The van der Waals surface area contributed by atoms with E-state index in [4.69, 9.17) is 9.52 Å². The average molecular weight is 324 g/mol. The molecule has 2 rings (SSSR count). The van der Waals surface area contributed by atoms with Gasteiger partial charge in [0.25, 0.3) is 0 Å². The van der Waals surface area contributed by atoms with E-state index in [1.807, 2.05) is 6.92 Å². The maximum atomic E-state index is 12.1.